The number of carbonyl (C=O) groups is 2. The fourth-order valence-corrected chi connectivity index (χ4v) is 2.94. The number of carbonyl (C=O) groups excluding carboxylic acids is 2. The van der Waals surface area contributed by atoms with Gasteiger partial charge in [-0.1, -0.05) is 18.2 Å². The molecule has 0 bridgehead atoms. The average molecular weight is 347 g/mol. The smallest absolute Gasteiger partial charge is 0.307 e. The van der Waals surface area contributed by atoms with Crippen LogP contribution in [0.3, 0.4) is 0 Å². The van der Waals surface area contributed by atoms with Gasteiger partial charge in [-0.05, 0) is 29.1 Å². The van der Waals surface area contributed by atoms with Crippen molar-refractivity contribution in [2.75, 3.05) is 20.8 Å². The number of amides is 1. The van der Waals surface area contributed by atoms with Crippen LogP contribution in [0.5, 0.6) is 5.75 Å². The van der Waals surface area contributed by atoms with E-state index in [-0.39, 0.29) is 18.3 Å². The zero-order chi connectivity index (χ0) is 17.4. The molecular formula is C18H21NO4S. The van der Waals surface area contributed by atoms with Gasteiger partial charge >= 0.3 is 5.97 Å². The van der Waals surface area contributed by atoms with Crippen LogP contribution in [-0.2, 0) is 27.3 Å². The highest BCUT2D eigenvalue weighted by Crippen LogP contribution is 2.16. The van der Waals surface area contributed by atoms with Gasteiger partial charge in [-0.15, -0.1) is 11.3 Å². The minimum Gasteiger partial charge on any atom is -0.497 e. The number of thiophene rings is 1. The summed E-state index contributed by atoms with van der Waals surface area (Å²) in [4.78, 5) is 26.7. The third-order valence-electron chi connectivity index (χ3n) is 3.60. The molecule has 2 aromatic rings. The van der Waals surface area contributed by atoms with E-state index in [0.717, 1.165) is 16.2 Å². The van der Waals surface area contributed by atoms with Crippen molar-refractivity contribution >= 4 is 23.2 Å². The fraction of sp³-hybridized carbons (Fsp3) is 0.333. The van der Waals surface area contributed by atoms with E-state index in [1.165, 1.54) is 7.11 Å². The summed E-state index contributed by atoms with van der Waals surface area (Å²) in [5.74, 6) is 0.445. The van der Waals surface area contributed by atoms with E-state index >= 15 is 0 Å². The lowest BCUT2D eigenvalue weighted by Gasteiger charge is -2.22. The molecular weight excluding hydrogens is 326 g/mol. The minimum atomic E-state index is -0.321. The van der Waals surface area contributed by atoms with E-state index in [4.69, 9.17) is 4.74 Å². The third-order valence-corrected chi connectivity index (χ3v) is 4.48. The van der Waals surface area contributed by atoms with Gasteiger partial charge in [-0.3, -0.25) is 9.59 Å². The lowest BCUT2D eigenvalue weighted by atomic mass is 10.2. The molecule has 0 saturated heterocycles. The van der Waals surface area contributed by atoms with E-state index in [1.54, 1.807) is 23.3 Å². The van der Waals surface area contributed by atoms with Crippen LogP contribution in [0.2, 0.25) is 0 Å². The molecule has 1 amide bonds. The largest absolute Gasteiger partial charge is 0.497 e. The quantitative estimate of drug-likeness (QED) is 0.689. The summed E-state index contributed by atoms with van der Waals surface area (Å²) in [5, 5.41) is 1.95. The number of hydrogen-bond donors (Lipinski definition) is 0. The second-order valence-electron chi connectivity index (χ2n) is 5.25. The van der Waals surface area contributed by atoms with Crippen LogP contribution in [0.4, 0.5) is 0 Å². The van der Waals surface area contributed by atoms with E-state index < -0.39 is 0 Å². The van der Waals surface area contributed by atoms with Crippen molar-refractivity contribution in [3.8, 4) is 5.75 Å². The molecule has 0 saturated carbocycles. The molecule has 0 aliphatic carbocycles. The summed E-state index contributed by atoms with van der Waals surface area (Å²) in [5.41, 5.74) is 0.986. The molecule has 1 aromatic heterocycles. The lowest BCUT2D eigenvalue weighted by Crippen LogP contribution is -2.33. The average Bonchev–Trinajstić information content (AvgIpc) is 3.11. The van der Waals surface area contributed by atoms with Crippen molar-refractivity contribution in [3.05, 3.63) is 52.2 Å². The Labute approximate surface area is 145 Å². The van der Waals surface area contributed by atoms with Gasteiger partial charge in [-0.25, -0.2) is 0 Å². The number of ether oxygens (including phenoxy) is 2. The molecule has 0 spiro atoms. The summed E-state index contributed by atoms with van der Waals surface area (Å²) < 4.78 is 9.82. The van der Waals surface area contributed by atoms with Crippen LogP contribution < -0.4 is 4.74 Å². The van der Waals surface area contributed by atoms with Gasteiger partial charge in [0.25, 0.3) is 0 Å². The van der Waals surface area contributed by atoms with Crippen molar-refractivity contribution < 1.29 is 19.1 Å². The van der Waals surface area contributed by atoms with Gasteiger partial charge in [0.2, 0.25) is 5.91 Å². The molecule has 0 atom stereocenters. The van der Waals surface area contributed by atoms with Crippen LogP contribution in [0.25, 0.3) is 0 Å². The SMILES string of the molecule is COC(=O)CCN(Cc1ccc(OC)cc1)C(=O)Cc1cccs1. The molecule has 5 nitrogen and oxygen atoms in total. The Bertz CT molecular complexity index is 652. The van der Waals surface area contributed by atoms with Crippen molar-refractivity contribution in [2.24, 2.45) is 0 Å². The molecule has 2 rings (SSSR count). The van der Waals surface area contributed by atoms with E-state index in [9.17, 15) is 9.59 Å². The highest BCUT2D eigenvalue weighted by molar-refractivity contribution is 7.10. The van der Waals surface area contributed by atoms with Gasteiger partial charge in [-0.2, -0.15) is 0 Å². The van der Waals surface area contributed by atoms with Crippen molar-refractivity contribution in [2.45, 2.75) is 19.4 Å². The molecule has 1 aromatic carbocycles. The molecule has 0 unspecified atom stereocenters. The Balaban J connectivity index is 2.05. The summed E-state index contributed by atoms with van der Waals surface area (Å²) >= 11 is 1.55. The number of nitrogens with zero attached hydrogens (tertiary/aromatic N) is 1. The topological polar surface area (TPSA) is 55.8 Å². The fourth-order valence-electron chi connectivity index (χ4n) is 2.25. The number of methoxy groups -OCH3 is 2. The molecule has 0 fully saturated rings. The first-order valence-electron chi connectivity index (χ1n) is 7.62. The van der Waals surface area contributed by atoms with Gasteiger partial charge in [0.15, 0.2) is 0 Å². The van der Waals surface area contributed by atoms with E-state index in [0.29, 0.717) is 19.5 Å². The predicted molar refractivity (Wildman–Crippen MR) is 93.1 cm³/mol. The standard InChI is InChI=1S/C18H21NO4S/c1-22-15-7-5-14(6-8-15)13-19(10-9-18(21)23-2)17(20)12-16-4-3-11-24-16/h3-8,11H,9-10,12-13H2,1-2H3. The highest BCUT2D eigenvalue weighted by atomic mass is 32.1. The Hall–Kier alpha value is -2.34. The molecule has 0 aliphatic heterocycles. The minimum absolute atomic E-state index is 0.00262. The third kappa shape index (κ3) is 5.38. The molecule has 6 heteroatoms. The number of hydrogen-bond acceptors (Lipinski definition) is 5. The molecule has 128 valence electrons. The maximum atomic E-state index is 12.6. The van der Waals surface area contributed by atoms with Gasteiger partial charge in [0.1, 0.15) is 5.75 Å². The first-order valence-corrected chi connectivity index (χ1v) is 8.50. The Kier molecular flexibility index (Phi) is 6.81. The summed E-state index contributed by atoms with van der Waals surface area (Å²) in [6.07, 6.45) is 0.526. The second kappa shape index (κ2) is 9.08. The Morgan fingerprint density at radius 1 is 1.12 bits per heavy atom. The lowest BCUT2D eigenvalue weighted by molar-refractivity contribution is -0.141. The Morgan fingerprint density at radius 3 is 2.46 bits per heavy atom. The summed E-state index contributed by atoms with van der Waals surface area (Å²) in [6.45, 7) is 0.786. The number of benzene rings is 1. The van der Waals surface area contributed by atoms with Crippen LogP contribution in [0.15, 0.2) is 41.8 Å². The van der Waals surface area contributed by atoms with Gasteiger partial charge < -0.3 is 14.4 Å². The van der Waals surface area contributed by atoms with Crippen LogP contribution in [0, 0.1) is 0 Å². The van der Waals surface area contributed by atoms with Crippen molar-refractivity contribution in [1.82, 2.24) is 4.90 Å². The molecule has 0 N–H and O–H groups in total. The first-order chi connectivity index (χ1) is 11.6. The van der Waals surface area contributed by atoms with Crippen molar-refractivity contribution in [1.29, 1.82) is 0 Å². The molecule has 24 heavy (non-hydrogen) atoms. The molecule has 1 heterocycles. The monoisotopic (exact) mass is 347 g/mol. The highest BCUT2D eigenvalue weighted by Gasteiger charge is 2.17. The van der Waals surface area contributed by atoms with Crippen LogP contribution >= 0.6 is 11.3 Å². The second-order valence-corrected chi connectivity index (χ2v) is 6.28. The van der Waals surface area contributed by atoms with Gasteiger partial charge in [0, 0.05) is 18.0 Å². The predicted octanol–water partition coefficient (Wildman–Crippen LogP) is 2.89. The molecule has 0 aliphatic rings. The van der Waals surface area contributed by atoms with Crippen LogP contribution in [-0.4, -0.2) is 37.5 Å². The summed E-state index contributed by atoms with van der Waals surface area (Å²) in [7, 11) is 2.96. The number of rotatable bonds is 8. The normalized spacial score (nSPS) is 10.2. The Morgan fingerprint density at radius 2 is 1.88 bits per heavy atom. The van der Waals surface area contributed by atoms with Crippen LogP contribution in [0.1, 0.15) is 16.9 Å². The zero-order valence-electron chi connectivity index (χ0n) is 13.9. The van der Waals surface area contributed by atoms with Crippen molar-refractivity contribution in [3.63, 3.8) is 0 Å². The molecule has 0 radical (unpaired) electrons. The number of esters is 1. The zero-order valence-corrected chi connectivity index (χ0v) is 14.7. The van der Waals surface area contributed by atoms with E-state index in [1.807, 2.05) is 41.8 Å². The van der Waals surface area contributed by atoms with E-state index in [2.05, 4.69) is 4.74 Å². The van der Waals surface area contributed by atoms with Gasteiger partial charge in [0.05, 0.1) is 27.1 Å². The summed E-state index contributed by atoms with van der Waals surface area (Å²) in [6, 6.07) is 11.4. The maximum absolute atomic E-state index is 12.6. The maximum Gasteiger partial charge on any atom is 0.307 e. The first kappa shape index (κ1) is 18.0.